The Bertz CT molecular complexity index is 77.3. The Morgan fingerprint density at radius 1 is 0.900 bits per heavy atom. The molecule has 2 N–H and O–H groups in total. The fraction of sp³-hybridized carbons (Fsp3) is 1.00. The zero-order valence-electron chi connectivity index (χ0n) is 6.29. The van der Waals surface area contributed by atoms with Crippen molar-refractivity contribution in [1.29, 1.82) is 0 Å². The summed E-state index contributed by atoms with van der Waals surface area (Å²) in [5.41, 5.74) is 0. The Morgan fingerprint density at radius 2 is 1.30 bits per heavy atom. The summed E-state index contributed by atoms with van der Waals surface area (Å²) in [5, 5.41) is 17.1. The first kappa shape index (κ1) is 8.02. The quantitative estimate of drug-likeness (QED) is 0.612. The monoisotopic (exact) mass is 144 g/mol. The van der Waals surface area contributed by atoms with Crippen molar-refractivity contribution in [1.82, 2.24) is 0 Å². The Balaban J connectivity index is 1.95. The highest BCUT2D eigenvalue weighted by molar-refractivity contribution is 4.78. The molecule has 60 valence electrons. The van der Waals surface area contributed by atoms with Gasteiger partial charge in [-0.3, -0.25) is 0 Å². The fourth-order valence-electron chi connectivity index (χ4n) is 1.71. The first-order valence-electron chi connectivity index (χ1n) is 4.08. The van der Waals surface area contributed by atoms with E-state index in [2.05, 4.69) is 0 Å². The van der Waals surface area contributed by atoms with Crippen LogP contribution in [0.3, 0.4) is 0 Å². The van der Waals surface area contributed by atoms with Crippen molar-refractivity contribution < 1.29 is 10.2 Å². The highest BCUT2D eigenvalue weighted by atomic mass is 16.3. The third-order valence-corrected chi connectivity index (χ3v) is 2.41. The number of rotatable bonds is 4. The van der Waals surface area contributed by atoms with Gasteiger partial charge in [-0.15, -0.1) is 0 Å². The van der Waals surface area contributed by atoms with Crippen molar-refractivity contribution in [3.05, 3.63) is 0 Å². The summed E-state index contributed by atoms with van der Waals surface area (Å²) >= 11 is 0. The van der Waals surface area contributed by atoms with Crippen LogP contribution in [0.5, 0.6) is 0 Å². The summed E-state index contributed by atoms with van der Waals surface area (Å²) in [6, 6.07) is 0. The average Bonchev–Trinajstić information content (AvgIpc) is 1.84. The number of hydrogen-bond donors (Lipinski definition) is 2. The Labute approximate surface area is 61.9 Å². The van der Waals surface area contributed by atoms with Gasteiger partial charge in [-0.25, -0.2) is 0 Å². The molecule has 0 radical (unpaired) electrons. The predicted molar refractivity (Wildman–Crippen MR) is 39.6 cm³/mol. The second kappa shape index (κ2) is 3.94. The fourth-order valence-corrected chi connectivity index (χ4v) is 1.71. The lowest BCUT2D eigenvalue weighted by molar-refractivity contribution is 0.119. The van der Waals surface area contributed by atoms with Crippen molar-refractivity contribution in [2.45, 2.75) is 25.7 Å². The molecule has 0 amide bonds. The summed E-state index contributed by atoms with van der Waals surface area (Å²) in [6.07, 6.45) is 4.37. The Hall–Kier alpha value is -0.0800. The minimum Gasteiger partial charge on any atom is -0.396 e. The maximum atomic E-state index is 8.57. The molecule has 0 aliphatic heterocycles. The lowest BCUT2D eigenvalue weighted by atomic mass is 9.72. The molecule has 0 aromatic carbocycles. The topological polar surface area (TPSA) is 40.5 Å². The van der Waals surface area contributed by atoms with Crippen LogP contribution in [0, 0.1) is 11.8 Å². The van der Waals surface area contributed by atoms with Crippen LogP contribution in [0.1, 0.15) is 25.7 Å². The summed E-state index contributed by atoms with van der Waals surface area (Å²) in [4.78, 5) is 0. The summed E-state index contributed by atoms with van der Waals surface area (Å²) in [5.74, 6) is 1.50. The van der Waals surface area contributed by atoms with Crippen LogP contribution in [-0.4, -0.2) is 23.4 Å². The van der Waals surface area contributed by atoms with Crippen molar-refractivity contribution in [3.63, 3.8) is 0 Å². The van der Waals surface area contributed by atoms with Gasteiger partial charge in [0.25, 0.3) is 0 Å². The van der Waals surface area contributed by atoms with Gasteiger partial charge in [-0.1, -0.05) is 0 Å². The van der Waals surface area contributed by atoms with E-state index in [0.717, 1.165) is 24.7 Å². The van der Waals surface area contributed by atoms with E-state index >= 15 is 0 Å². The molecule has 0 heterocycles. The van der Waals surface area contributed by atoms with Gasteiger partial charge in [0.2, 0.25) is 0 Å². The number of aliphatic hydroxyl groups is 2. The van der Waals surface area contributed by atoms with Crippen molar-refractivity contribution >= 4 is 0 Å². The van der Waals surface area contributed by atoms with Crippen molar-refractivity contribution in [2.24, 2.45) is 11.8 Å². The number of aliphatic hydroxyl groups excluding tert-OH is 2. The Kier molecular flexibility index (Phi) is 3.16. The third-order valence-electron chi connectivity index (χ3n) is 2.41. The maximum absolute atomic E-state index is 8.57. The summed E-state index contributed by atoms with van der Waals surface area (Å²) < 4.78 is 0. The van der Waals surface area contributed by atoms with Gasteiger partial charge in [0, 0.05) is 13.2 Å². The molecule has 1 aliphatic rings. The van der Waals surface area contributed by atoms with E-state index in [4.69, 9.17) is 10.2 Å². The molecule has 0 aromatic rings. The molecule has 2 heteroatoms. The van der Waals surface area contributed by atoms with Gasteiger partial charge >= 0.3 is 0 Å². The van der Waals surface area contributed by atoms with Crippen molar-refractivity contribution in [2.75, 3.05) is 13.2 Å². The molecule has 1 fully saturated rings. The first-order valence-corrected chi connectivity index (χ1v) is 4.08. The molecular formula is C8H16O2. The SMILES string of the molecule is OCCC1CC(CCO)C1. The highest BCUT2D eigenvalue weighted by Crippen LogP contribution is 2.37. The molecule has 1 saturated carbocycles. The second-order valence-electron chi connectivity index (χ2n) is 3.23. The molecule has 0 aromatic heterocycles. The third kappa shape index (κ3) is 1.96. The summed E-state index contributed by atoms with van der Waals surface area (Å²) in [6.45, 7) is 0.660. The molecule has 1 aliphatic carbocycles. The smallest absolute Gasteiger partial charge is 0.0433 e. The zero-order valence-corrected chi connectivity index (χ0v) is 6.29. The lowest BCUT2D eigenvalue weighted by Crippen LogP contribution is -2.25. The van der Waals surface area contributed by atoms with Crippen LogP contribution >= 0.6 is 0 Å². The standard InChI is InChI=1S/C8H16O2/c9-3-1-7-5-8(6-7)2-4-10/h7-10H,1-6H2. The number of hydrogen-bond acceptors (Lipinski definition) is 2. The summed E-state index contributed by atoms with van der Waals surface area (Å²) in [7, 11) is 0. The zero-order chi connectivity index (χ0) is 7.40. The van der Waals surface area contributed by atoms with Crippen LogP contribution in [0.15, 0.2) is 0 Å². The lowest BCUT2D eigenvalue weighted by Gasteiger charge is -2.34. The highest BCUT2D eigenvalue weighted by Gasteiger charge is 2.27. The van der Waals surface area contributed by atoms with Gasteiger partial charge < -0.3 is 10.2 Å². The van der Waals surface area contributed by atoms with E-state index in [1.807, 2.05) is 0 Å². The van der Waals surface area contributed by atoms with Gasteiger partial charge in [-0.2, -0.15) is 0 Å². The van der Waals surface area contributed by atoms with E-state index in [-0.39, 0.29) is 0 Å². The predicted octanol–water partition coefficient (Wildman–Crippen LogP) is 0.777. The molecule has 10 heavy (non-hydrogen) atoms. The molecule has 0 bridgehead atoms. The van der Waals surface area contributed by atoms with Gasteiger partial charge in [0.05, 0.1) is 0 Å². The van der Waals surface area contributed by atoms with Gasteiger partial charge in [0.1, 0.15) is 0 Å². The normalized spacial score (nSPS) is 31.8. The first-order chi connectivity index (χ1) is 4.86. The van der Waals surface area contributed by atoms with Crippen molar-refractivity contribution in [3.8, 4) is 0 Å². The maximum Gasteiger partial charge on any atom is 0.0433 e. The molecule has 2 nitrogen and oxygen atoms in total. The molecule has 0 saturated heterocycles. The molecule has 0 atom stereocenters. The minimum absolute atomic E-state index is 0.330. The second-order valence-corrected chi connectivity index (χ2v) is 3.23. The molecule has 0 spiro atoms. The Morgan fingerprint density at radius 3 is 1.60 bits per heavy atom. The van der Waals surface area contributed by atoms with E-state index in [0.29, 0.717) is 13.2 Å². The minimum atomic E-state index is 0.330. The van der Waals surface area contributed by atoms with Crippen LogP contribution in [0.2, 0.25) is 0 Å². The van der Waals surface area contributed by atoms with E-state index < -0.39 is 0 Å². The van der Waals surface area contributed by atoms with Crippen LogP contribution in [0.4, 0.5) is 0 Å². The molecular weight excluding hydrogens is 128 g/mol. The van der Waals surface area contributed by atoms with Gasteiger partial charge in [-0.05, 0) is 37.5 Å². The largest absolute Gasteiger partial charge is 0.396 e. The van der Waals surface area contributed by atoms with E-state index in [1.54, 1.807) is 0 Å². The van der Waals surface area contributed by atoms with Crippen LogP contribution in [-0.2, 0) is 0 Å². The molecule has 0 unspecified atom stereocenters. The van der Waals surface area contributed by atoms with Gasteiger partial charge in [0.15, 0.2) is 0 Å². The molecule has 1 rings (SSSR count). The van der Waals surface area contributed by atoms with Crippen LogP contribution < -0.4 is 0 Å². The van der Waals surface area contributed by atoms with E-state index in [1.165, 1.54) is 12.8 Å². The van der Waals surface area contributed by atoms with Crippen LogP contribution in [0.25, 0.3) is 0 Å². The average molecular weight is 144 g/mol. The van der Waals surface area contributed by atoms with E-state index in [9.17, 15) is 0 Å².